The number of nitrogens with zero attached hydrogens (tertiary/aromatic N) is 1. The molecular formula is C11H8F3NO3S2. The summed E-state index contributed by atoms with van der Waals surface area (Å²) in [4.78, 5) is 0. The number of alkyl halides is 3. The van der Waals surface area contributed by atoms with Crippen LogP contribution >= 0.6 is 11.3 Å². The van der Waals surface area contributed by atoms with E-state index < -0.39 is 15.6 Å². The predicted octanol–water partition coefficient (Wildman–Crippen LogP) is 1.87. The molecule has 4 nitrogen and oxygen atoms in total. The summed E-state index contributed by atoms with van der Waals surface area (Å²) in [5.74, 6) is 2.63. The molecule has 0 fully saturated rings. The smallest absolute Gasteiger partial charge is 0.485 e. The van der Waals surface area contributed by atoms with E-state index in [4.69, 9.17) is 19.4 Å². The molecule has 0 atom stereocenters. The van der Waals surface area contributed by atoms with Crippen LogP contribution in [0.3, 0.4) is 0 Å². The number of thiazole rings is 1. The monoisotopic (exact) mass is 323 g/mol. The van der Waals surface area contributed by atoms with Crippen LogP contribution in [0.4, 0.5) is 13.2 Å². The number of para-hydroxylation sites is 1. The van der Waals surface area contributed by atoms with Crippen LogP contribution in [0.25, 0.3) is 10.2 Å². The van der Waals surface area contributed by atoms with Crippen molar-refractivity contribution in [3.63, 3.8) is 0 Å². The average molecular weight is 323 g/mol. The summed E-state index contributed by atoms with van der Waals surface area (Å²) in [6.45, 7) is 0.657. The topological polar surface area (TPSA) is 61.1 Å². The van der Waals surface area contributed by atoms with Crippen molar-refractivity contribution in [2.75, 3.05) is 0 Å². The fourth-order valence-corrected chi connectivity index (χ4v) is 2.08. The minimum atomic E-state index is -6.09. The Morgan fingerprint density at radius 3 is 2.40 bits per heavy atom. The SMILES string of the molecule is C#CC[n+]1csc2ccccc21.O=S(=O)([O-])C(F)(F)F. The molecule has 0 aliphatic heterocycles. The van der Waals surface area contributed by atoms with Crippen molar-refractivity contribution in [2.24, 2.45) is 0 Å². The zero-order chi connectivity index (χ0) is 15.4. The molecule has 0 radical (unpaired) electrons. The van der Waals surface area contributed by atoms with Crippen LogP contribution in [-0.2, 0) is 16.7 Å². The molecular weight excluding hydrogens is 315 g/mol. The third-order valence-corrected chi connectivity index (χ3v) is 3.55. The van der Waals surface area contributed by atoms with Gasteiger partial charge in [0.05, 0.1) is 0 Å². The van der Waals surface area contributed by atoms with Gasteiger partial charge in [0.15, 0.2) is 10.1 Å². The van der Waals surface area contributed by atoms with E-state index in [1.54, 1.807) is 11.3 Å². The van der Waals surface area contributed by atoms with E-state index in [9.17, 15) is 13.2 Å². The lowest BCUT2D eigenvalue weighted by Crippen LogP contribution is -2.30. The maximum Gasteiger partial charge on any atom is 0.485 e. The van der Waals surface area contributed by atoms with Crippen molar-refractivity contribution < 1.29 is 30.7 Å². The van der Waals surface area contributed by atoms with Crippen LogP contribution in [0, 0.1) is 12.3 Å². The molecule has 0 spiro atoms. The maximum atomic E-state index is 10.7. The summed E-state index contributed by atoms with van der Waals surface area (Å²) in [6.07, 6.45) is 5.24. The molecule has 1 aromatic heterocycles. The van der Waals surface area contributed by atoms with E-state index in [0.29, 0.717) is 6.54 Å². The average Bonchev–Trinajstić information content (AvgIpc) is 2.72. The van der Waals surface area contributed by atoms with Crippen LogP contribution in [0.1, 0.15) is 0 Å². The van der Waals surface area contributed by atoms with Crippen LogP contribution in [0.15, 0.2) is 29.8 Å². The van der Waals surface area contributed by atoms with E-state index in [1.165, 1.54) is 10.2 Å². The fourth-order valence-electron chi connectivity index (χ4n) is 1.19. The van der Waals surface area contributed by atoms with E-state index >= 15 is 0 Å². The molecule has 0 saturated heterocycles. The van der Waals surface area contributed by atoms with Crippen LogP contribution < -0.4 is 4.57 Å². The van der Waals surface area contributed by atoms with Crippen LogP contribution in [0.2, 0.25) is 0 Å². The highest BCUT2D eigenvalue weighted by molar-refractivity contribution is 7.86. The lowest BCUT2D eigenvalue weighted by molar-refractivity contribution is -0.654. The standard InChI is InChI=1S/C10H8NS.CHF3O3S/c1-2-7-11-8-12-10-6-4-3-5-9(10)11;2-1(3,4)8(5,6)7/h1,3-6,8H,7H2;(H,5,6,7)/q+1;/p-1. The molecule has 0 aliphatic rings. The summed E-state index contributed by atoms with van der Waals surface area (Å²) in [6, 6.07) is 8.26. The summed E-state index contributed by atoms with van der Waals surface area (Å²) < 4.78 is 62.3. The van der Waals surface area contributed by atoms with Gasteiger partial charge in [-0.15, -0.1) is 6.42 Å². The molecule has 0 unspecified atom stereocenters. The van der Waals surface area contributed by atoms with Gasteiger partial charge >= 0.3 is 5.51 Å². The molecule has 0 N–H and O–H groups in total. The number of terminal acetylenes is 1. The van der Waals surface area contributed by atoms with E-state index in [1.807, 2.05) is 12.1 Å². The molecule has 9 heteroatoms. The Labute approximate surface area is 117 Å². The van der Waals surface area contributed by atoms with Gasteiger partial charge in [0.25, 0.3) is 0 Å². The molecule has 0 saturated carbocycles. The van der Waals surface area contributed by atoms with Gasteiger partial charge in [-0.3, -0.25) is 0 Å². The van der Waals surface area contributed by atoms with Gasteiger partial charge in [-0.2, -0.15) is 17.7 Å². The van der Waals surface area contributed by atoms with Crippen molar-refractivity contribution in [1.29, 1.82) is 0 Å². The summed E-state index contributed by atoms with van der Waals surface area (Å²) in [5, 5.41) is 0. The first-order chi connectivity index (χ1) is 9.17. The quantitative estimate of drug-likeness (QED) is 0.348. The Kier molecular flexibility index (Phi) is 5.10. The zero-order valence-electron chi connectivity index (χ0n) is 9.79. The van der Waals surface area contributed by atoms with Crippen molar-refractivity contribution in [1.82, 2.24) is 0 Å². The summed E-state index contributed by atoms with van der Waals surface area (Å²) in [7, 11) is -6.09. The summed E-state index contributed by atoms with van der Waals surface area (Å²) in [5.41, 5.74) is -2.36. The highest BCUT2D eigenvalue weighted by Crippen LogP contribution is 2.20. The number of aromatic nitrogens is 1. The highest BCUT2D eigenvalue weighted by Gasteiger charge is 2.36. The van der Waals surface area contributed by atoms with Gasteiger partial charge in [0.2, 0.25) is 17.6 Å². The van der Waals surface area contributed by atoms with Crippen molar-refractivity contribution in [3.05, 3.63) is 29.8 Å². The highest BCUT2D eigenvalue weighted by atomic mass is 32.2. The molecule has 0 amide bonds. The first kappa shape index (κ1) is 16.4. The number of fused-ring (bicyclic) bond motifs is 1. The van der Waals surface area contributed by atoms with Crippen LogP contribution in [0.5, 0.6) is 0 Å². The molecule has 108 valence electrons. The van der Waals surface area contributed by atoms with E-state index in [2.05, 4.69) is 28.1 Å². The number of hydrogen-bond donors (Lipinski definition) is 0. The van der Waals surface area contributed by atoms with Gasteiger partial charge in [0, 0.05) is 6.07 Å². The molecule has 0 bridgehead atoms. The second-order valence-electron chi connectivity index (χ2n) is 3.42. The Morgan fingerprint density at radius 1 is 1.35 bits per heavy atom. The van der Waals surface area contributed by atoms with Crippen molar-refractivity contribution >= 4 is 31.7 Å². The minimum Gasteiger partial charge on any atom is -0.741 e. The van der Waals surface area contributed by atoms with Gasteiger partial charge in [0.1, 0.15) is 4.70 Å². The normalized spacial score (nSPS) is 11.6. The van der Waals surface area contributed by atoms with Gasteiger partial charge in [-0.1, -0.05) is 23.5 Å². The lowest BCUT2D eigenvalue weighted by atomic mass is 10.3. The third-order valence-electron chi connectivity index (χ3n) is 2.03. The molecule has 0 aliphatic carbocycles. The number of hydrogen-bond acceptors (Lipinski definition) is 4. The first-order valence-electron chi connectivity index (χ1n) is 4.98. The largest absolute Gasteiger partial charge is 0.741 e. The second-order valence-corrected chi connectivity index (χ2v) is 5.68. The second kappa shape index (κ2) is 6.21. The van der Waals surface area contributed by atoms with Gasteiger partial charge in [-0.05, 0) is 12.0 Å². The molecule has 1 aromatic carbocycles. The van der Waals surface area contributed by atoms with Gasteiger partial charge in [-0.25, -0.2) is 8.42 Å². The van der Waals surface area contributed by atoms with Crippen molar-refractivity contribution in [3.8, 4) is 12.3 Å². The van der Waals surface area contributed by atoms with E-state index in [-0.39, 0.29) is 0 Å². The Morgan fingerprint density at radius 2 is 1.90 bits per heavy atom. The third kappa shape index (κ3) is 4.19. The number of halogens is 3. The van der Waals surface area contributed by atoms with E-state index in [0.717, 1.165) is 0 Å². The first-order valence-corrected chi connectivity index (χ1v) is 7.27. The molecule has 2 rings (SSSR count). The van der Waals surface area contributed by atoms with Gasteiger partial charge < -0.3 is 4.55 Å². The predicted molar refractivity (Wildman–Crippen MR) is 66.6 cm³/mol. The van der Waals surface area contributed by atoms with Crippen molar-refractivity contribution in [2.45, 2.75) is 12.1 Å². The zero-order valence-corrected chi connectivity index (χ0v) is 11.4. The maximum absolute atomic E-state index is 10.7. The fraction of sp³-hybridized carbons (Fsp3) is 0.182. The molecule has 20 heavy (non-hydrogen) atoms. The minimum absolute atomic E-state index is 0.657. The summed E-state index contributed by atoms with van der Waals surface area (Å²) >= 11 is 1.72. The Hall–Kier alpha value is -1.63. The lowest BCUT2D eigenvalue weighted by Gasteiger charge is -2.08. The van der Waals surface area contributed by atoms with Crippen LogP contribution in [-0.4, -0.2) is 18.5 Å². The Bertz CT molecular complexity index is 729. The Balaban J connectivity index is 0.000000221. The molecule has 1 heterocycles. The number of benzene rings is 1. The molecule has 2 aromatic rings. The number of rotatable bonds is 1.